The van der Waals surface area contributed by atoms with Gasteiger partial charge in [0.05, 0.1) is 17.3 Å². The quantitative estimate of drug-likeness (QED) is 0.907. The number of nitrogens with two attached hydrogens (primary N) is 1. The van der Waals surface area contributed by atoms with E-state index in [-0.39, 0.29) is 23.6 Å². The van der Waals surface area contributed by atoms with Crippen LogP contribution in [-0.4, -0.2) is 18.2 Å². The lowest BCUT2D eigenvalue weighted by Crippen LogP contribution is -2.29. The molecule has 114 valence electrons. The highest BCUT2D eigenvalue weighted by Crippen LogP contribution is 2.31. The first-order valence-electron chi connectivity index (χ1n) is 7.34. The number of rotatable bonds is 5. The minimum absolute atomic E-state index is 0.0399. The Morgan fingerprint density at radius 1 is 1.43 bits per heavy atom. The van der Waals surface area contributed by atoms with Crippen molar-refractivity contribution in [2.45, 2.75) is 33.6 Å². The molecule has 0 fully saturated rings. The molecule has 2 rings (SSSR count). The number of nitrogens with zero attached hydrogens (tertiary/aromatic N) is 2. The molecule has 1 amide bonds. The Kier molecular flexibility index (Phi) is 4.73. The lowest BCUT2D eigenvalue weighted by atomic mass is 9.90. The minimum Gasteiger partial charge on any atom is -0.330 e. The molecular weight excluding hydrogens is 269 g/mol. The molecule has 0 spiro atoms. The number of amides is 1. The monoisotopic (exact) mass is 291 g/mol. The van der Waals surface area contributed by atoms with Gasteiger partial charge in [0.1, 0.15) is 5.82 Å². The van der Waals surface area contributed by atoms with Gasteiger partial charge in [-0.05, 0) is 56.0 Å². The molecule has 1 atom stereocenters. The second-order valence-corrected chi connectivity index (χ2v) is 5.74. The molecule has 1 aromatic rings. The van der Waals surface area contributed by atoms with Crippen molar-refractivity contribution in [3.05, 3.63) is 29.6 Å². The summed E-state index contributed by atoms with van der Waals surface area (Å²) < 4.78 is 13.2. The van der Waals surface area contributed by atoms with Crippen LogP contribution in [0.5, 0.6) is 0 Å². The van der Waals surface area contributed by atoms with Gasteiger partial charge < -0.3 is 5.73 Å². The SMILES string of the molecule is Cc1cc(F)ccc1N1N=C(C(C)C)C(CCCN)C1=O. The van der Waals surface area contributed by atoms with Gasteiger partial charge in [0.15, 0.2) is 0 Å². The van der Waals surface area contributed by atoms with Gasteiger partial charge in [-0.2, -0.15) is 10.1 Å². The molecule has 0 radical (unpaired) electrons. The second kappa shape index (κ2) is 6.35. The Morgan fingerprint density at radius 3 is 2.71 bits per heavy atom. The van der Waals surface area contributed by atoms with Gasteiger partial charge in [0.25, 0.3) is 5.91 Å². The van der Waals surface area contributed by atoms with Gasteiger partial charge in [0.2, 0.25) is 0 Å². The highest BCUT2D eigenvalue weighted by molar-refractivity contribution is 6.16. The smallest absolute Gasteiger partial charge is 0.256 e. The summed E-state index contributed by atoms with van der Waals surface area (Å²) >= 11 is 0. The normalized spacial score (nSPS) is 18.6. The predicted octanol–water partition coefficient (Wildman–Crippen LogP) is 2.85. The molecule has 2 N–H and O–H groups in total. The van der Waals surface area contributed by atoms with E-state index in [4.69, 9.17) is 5.73 Å². The number of anilines is 1. The lowest BCUT2D eigenvalue weighted by Gasteiger charge is -2.16. The Hall–Kier alpha value is -1.75. The third kappa shape index (κ3) is 3.13. The van der Waals surface area contributed by atoms with Crippen molar-refractivity contribution in [2.24, 2.45) is 22.7 Å². The number of carbonyl (C=O) groups is 1. The summed E-state index contributed by atoms with van der Waals surface area (Å²) in [6.07, 6.45) is 1.50. The van der Waals surface area contributed by atoms with E-state index in [1.54, 1.807) is 13.0 Å². The van der Waals surface area contributed by atoms with E-state index < -0.39 is 0 Å². The zero-order chi connectivity index (χ0) is 15.6. The summed E-state index contributed by atoms with van der Waals surface area (Å²) in [5, 5.41) is 5.92. The molecule has 1 heterocycles. The molecular formula is C16H22FN3O. The molecule has 0 saturated heterocycles. The maximum absolute atomic E-state index is 13.2. The summed E-state index contributed by atoms with van der Waals surface area (Å²) in [4.78, 5) is 12.6. The maximum atomic E-state index is 13.2. The zero-order valence-corrected chi connectivity index (χ0v) is 12.8. The third-order valence-electron chi connectivity index (χ3n) is 3.75. The Morgan fingerprint density at radius 2 is 2.14 bits per heavy atom. The summed E-state index contributed by atoms with van der Waals surface area (Å²) in [6.45, 7) is 6.40. The summed E-state index contributed by atoms with van der Waals surface area (Å²) in [6, 6.07) is 4.38. The molecule has 0 aromatic heterocycles. The van der Waals surface area contributed by atoms with Crippen LogP contribution < -0.4 is 10.7 Å². The van der Waals surface area contributed by atoms with Crippen LogP contribution in [0, 0.1) is 24.6 Å². The zero-order valence-electron chi connectivity index (χ0n) is 12.8. The van der Waals surface area contributed by atoms with E-state index in [0.29, 0.717) is 24.2 Å². The number of aryl methyl sites for hydroxylation is 1. The first-order valence-corrected chi connectivity index (χ1v) is 7.34. The summed E-state index contributed by atoms with van der Waals surface area (Å²) in [7, 11) is 0. The van der Waals surface area contributed by atoms with E-state index in [2.05, 4.69) is 5.10 Å². The first-order chi connectivity index (χ1) is 9.95. The number of benzene rings is 1. The molecule has 0 aliphatic carbocycles. The van der Waals surface area contributed by atoms with Crippen molar-refractivity contribution in [1.82, 2.24) is 0 Å². The fourth-order valence-electron chi connectivity index (χ4n) is 2.65. The molecule has 0 saturated carbocycles. The van der Waals surface area contributed by atoms with Crippen LogP contribution in [0.3, 0.4) is 0 Å². The second-order valence-electron chi connectivity index (χ2n) is 5.74. The lowest BCUT2D eigenvalue weighted by molar-refractivity contribution is -0.120. The number of halogens is 1. The number of hydrogen-bond donors (Lipinski definition) is 1. The minimum atomic E-state index is -0.310. The van der Waals surface area contributed by atoms with Crippen molar-refractivity contribution >= 4 is 17.3 Å². The van der Waals surface area contributed by atoms with Gasteiger partial charge >= 0.3 is 0 Å². The van der Waals surface area contributed by atoms with Crippen LogP contribution in [0.2, 0.25) is 0 Å². The average molecular weight is 291 g/mol. The van der Waals surface area contributed by atoms with Crippen LogP contribution in [0.4, 0.5) is 10.1 Å². The fraction of sp³-hybridized carbons (Fsp3) is 0.500. The van der Waals surface area contributed by atoms with Gasteiger partial charge in [-0.3, -0.25) is 4.79 Å². The maximum Gasteiger partial charge on any atom is 0.256 e. The van der Waals surface area contributed by atoms with Crippen molar-refractivity contribution in [3.8, 4) is 0 Å². The topological polar surface area (TPSA) is 58.7 Å². The van der Waals surface area contributed by atoms with Crippen LogP contribution in [0.1, 0.15) is 32.3 Å². The van der Waals surface area contributed by atoms with Gasteiger partial charge in [-0.15, -0.1) is 0 Å². The molecule has 0 bridgehead atoms. The van der Waals surface area contributed by atoms with Gasteiger partial charge in [-0.25, -0.2) is 4.39 Å². The Balaban J connectivity index is 2.34. The van der Waals surface area contributed by atoms with E-state index in [9.17, 15) is 9.18 Å². The highest BCUT2D eigenvalue weighted by atomic mass is 19.1. The molecule has 4 nitrogen and oxygen atoms in total. The molecule has 1 aromatic carbocycles. The molecule has 1 aliphatic rings. The standard InChI is InChI=1S/C16H22FN3O/c1-10(2)15-13(5-4-8-18)16(21)20(19-15)14-7-6-12(17)9-11(14)3/h6-7,9-10,13H,4-5,8,18H2,1-3H3. The van der Waals surface area contributed by atoms with Crippen molar-refractivity contribution in [2.75, 3.05) is 11.6 Å². The van der Waals surface area contributed by atoms with Crippen molar-refractivity contribution in [1.29, 1.82) is 0 Å². The third-order valence-corrected chi connectivity index (χ3v) is 3.75. The van der Waals surface area contributed by atoms with Gasteiger partial charge in [-0.1, -0.05) is 13.8 Å². The molecule has 1 aliphatic heterocycles. The summed E-state index contributed by atoms with van der Waals surface area (Å²) in [5.41, 5.74) is 7.79. The number of hydrazone groups is 1. The Labute approximate surface area is 124 Å². The van der Waals surface area contributed by atoms with Crippen molar-refractivity contribution in [3.63, 3.8) is 0 Å². The van der Waals surface area contributed by atoms with Crippen LogP contribution >= 0.6 is 0 Å². The highest BCUT2D eigenvalue weighted by Gasteiger charge is 2.37. The van der Waals surface area contributed by atoms with E-state index in [1.807, 2.05) is 13.8 Å². The van der Waals surface area contributed by atoms with Gasteiger partial charge in [0, 0.05) is 0 Å². The first kappa shape index (κ1) is 15.6. The van der Waals surface area contributed by atoms with Crippen LogP contribution in [0.25, 0.3) is 0 Å². The van der Waals surface area contributed by atoms with Crippen LogP contribution in [0.15, 0.2) is 23.3 Å². The number of carbonyl (C=O) groups excluding carboxylic acids is 1. The molecule has 1 unspecified atom stereocenters. The fourth-order valence-corrected chi connectivity index (χ4v) is 2.65. The average Bonchev–Trinajstić information content (AvgIpc) is 2.74. The van der Waals surface area contributed by atoms with E-state index in [0.717, 1.165) is 12.1 Å². The molecule has 21 heavy (non-hydrogen) atoms. The van der Waals surface area contributed by atoms with Crippen LogP contribution in [-0.2, 0) is 4.79 Å². The van der Waals surface area contributed by atoms with E-state index >= 15 is 0 Å². The molecule has 5 heteroatoms. The van der Waals surface area contributed by atoms with Crippen molar-refractivity contribution < 1.29 is 9.18 Å². The predicted molar refractivity (Wildman–Crippen MR) is 82.7 cm³/mol. The largest absolute Gasteiger partial charge is 0.330 e. The summed E-state index contributed by atoms with van der Waals surface area (Å²) in [5.74, 6) is -0.363. The van der Waals surface area contributed by atoms with E-state index in [1.165, 1.54) is 17.1 Å². The number of hydrogen-bond acceptors (Lipinski definition) is 3. The Bertz CT molecular complexity index is 569.